The molecule has 0 saturated carbocycles. The maximum absolute atomic E-state index is 2.39. The minimum atomic E-state index is 0.590. The molecule has 58 valence electrons. The van der Waals surface area contributed by atoms with Gasteiger partial charge in [0, 0.05) is 35.5 Å². The molecule has 0 saturated heterocycles. The molecular formula is C9H10IN. The summed E-state index contributed by atoms with van der Waals surface area (Å²) in [6.07, 6.45) is 0. The van der Waals surface area contributed by atoms with Gasteiger partial charge in [0.25, 0.3) is 0 Å². The summed E-state index contributed by atoms with van der Waals surface area (Å²) < 4.78 is 2.34. The van der Waals surface area contributed by atoms with E-state index in [9.17, 15) is 0 Å². The highest BCUT2D eigenvalue weighted by Crippen LogP contribution is 2.35. The number of halogens is 1. The smallest absolute Gasteiger partial charge is 0.0422 e. The van der Waals surface area contributed by atoms with Crippen LogP contribution < -0.4 is 0 Å². The number of fused-ring (bicyclic) bond motifs is 1. The monoisotopic (exact) mass is 259 g/mol. The van der Waals surface area contributed by atoms with Crippen LogP contribution in [0.2, 0.25) is 0 Å². The average molecular weight is 259 g/mol. The van der Waals surface area contributed by atoms with E-state index in [1.807, 2.05) is 0 Å². The van der Waals surface area contributed by atoms with Crippen molar-refractivity contribution in [1.82, 2.24) is 3.11 Å². The van der Waals surface area contributed by atoms with E-state index < -0.39 is 0 Å². The molecule has 1 aromatic carbocycles. The number of nitrogens with zero attached hydrogens (tertiary/aromatic N) is 1. The lowest BCUT2D eigenvalue weighted by molar-refractivity contribution is 0.458. The zero-order valence-corrected chi connectivity index (χ0v) is 8.58. The van der Waals surface area contributed by atoms with Crippen LogP contribution in [0.25, 0.3) is 0 Å². The van der Waals surface area contributed by atoms with Gasteiger partial charge in [-0.2, -0.15) is 0 Å². The number of hydrogen-bond acceptors (Lipinski definition) is 1. The van der Waals surface area contributed by atoms with Crippen molar-refractivity contribution >= 4 is 22.9 Å². The molecule has 2 rings (SSSR count). The van der Waals surface area contributed by atoms with E-state index in [1.165, 1.54) is 11.1 Å². The fraction of sp³-hybridized carbons (Fsp3) is 0.333. The Morgan fingerprint density at radius 2 is 2.18 bits per heavy atom. The van der Waals surface area contributed by atoms with E-state index in [2.05, 4.69) is 57.2 Å². The summed E-state index contributed by atoms with van der Waals surface area (Å²) in [4.78, 5) is 0. The van der Waals surface area contributed by atoms with Gasteiger partial charge in [0.2, 0.25) is 0 Å². The minimum Gasteiger partial charge on any atom is -0.236 e. The molecule has 1 nitrogen and oxygen atoms in total. The summed E-state index contributed by atoms with van der Waals surface area (Å²) in [6.45, 7) is 3.34. The number of benzene rings is 1. The predicted octanol–water partition coefficient (Wildman–Crippen LogP) is 2.91. The molecule has 1 aromatic rings. The lowest BCUT2D eigenvalue weighted by Crippen LogP contribution is -2.04. The summed E-state index contributed by atoms with van der Waals surface area (Å²) in [7, 11) is 0. The van der Waals surface area contributed by atoms with Crippen molar-refractivity contribution in [2.24, 2.45) is 0 Å². The van der Waals surface area contributed by atoms with E-state index in [0.717, 1.165) is 6.54 Å². The van der Waals surface area contributed by atoms with Crippen LogP contribution in [0.4, 0.5) is 0 Å². The van der Waals surface area contributed by atoms with Crippen LogP contribution in [-0.2, 0) is 6.54 Å². The van der Waals surface area contributed by atoms with Gasteiger partial charge in [0.05, 0.1) is 0 Å². The zero-order chi connectivity index (χ0) is 7.84. The Balaban J connectivity index is 2.47. The predicted molar refractivity (Wildman–Crippen MR) is 54.4 cm³/mol. The third-order valence-corrected chi connectivity index (χ3v) is 3.42. The van der Waals surface area contributed by atoms with Crippen LogP contribution in [0, 0.1) is 0 Å². The second-order valence-electron chi connectivity index (χ2n) is 2.93. The molecule has 1 aliphatic heterocycles. The molecule has 1 heterocycles. The van der Waals surface area contributed by atoms with Crippen molar-refractivity contribution in [3.05, 3.63) is 35.4 Å². The molecule has 0 fully saturated rings. The first-order valence-corrected chi connectivity index (χ1v) is 4.76. The molecule has 0 N–H and O–H groups in total. The van der Waals surface area contributed by atoms with Crippen LogP contribution >= 0.6 is 22.9 Å². The number of hydrogen-bond donors (Lipinski definition) is 0. The van der Waals surface area contributed by atoms with Gasteiger partial charge in [-0.15, -0.1) is 0 Å². The molecule has 0 bridgehead atoms. The Morgan fingerprint density at radius 3 is 2.91 bits per heavy atom. The summed E-state index contributed by atoms with van der Waals surface area (Å²) in [5.74, 6) is 0. The van der Waals surface area contributed by atoms with Crippen molar-refractivity contribution in [3.63, 3.8) is 0 Å². The second kappa shape index (κ2) is 2.75. The van der Waals surface area contributed by atoms with Gasteiger partial charge in [0.1, 0.15) is 0 Å². The fourth-order valence-corrected chi connectivity index (χ4v) is 2.20. The highest BCUT2D eigenvalue weighted by molar-refractivity contribution is 14.1. The van der Waals surface area contributed by atoms with E-state index in [4.69, 9.17) is 0 Å². The van der Waals surface area contributed by atoms with E-state index in [-0.39, 0.29) is 0 Å². The molecule has 0 aromatic heterocycles. The van der Waals surface area contributed by atoms with E-state index >= 15 is 0 Å². The van der Waals surface area contributed by atoms with Gasteiger partial charge >= 0.3 is 0 Å². The zero-order valence-electron chi connectivity index (χ0n) is 6.42. The van der Waals surface area contributed by atoms with Crippen LogP contribution in [-0.4, -0.2) is 3.11 Å². The van der Waals surface area contributed by atoms with Gasteiger partial charge in [-0.05, 0) is 18.1 Å². The molecule has 0 spiro atoms. The molecule has 1 atom stereocenters. The van der Waals surface area contributed by atoms with Crippen molar-refractivity contribution in [2.45, 2.75) is 19.5 Å². The lowest BCUT2D eigenvalue weighted by atomic mass is 10.1. The Labute approximate surface area is 80.9 Å². The van der Waals surface area contributed by atoms with Crippen molar-refractivity contribution in [1.29, 1.82) is 0 Å². The van der Waals surface area contributed by atoms with Gasteiger partial charge in [-0.25, -0.2) is 3.11 Å². The van der Waals surface area contributed by atoms with E-state index in [1.54, 1.807) is 0 Å². The third kappa shape index (κ3) is 1.18. The van der Waals surface area contributed by atoms with Crippen LogP contribution in [0.1, 0.15) is 24.1 Å². The molecule has 11 heavy (non-hydrogen) atoms. The standard InChI is InChI=1S/C9H10IN/c1-7-9-5-3-2-4-8(9)6-11(7)10/h2-5,7H,6H2,1H3. The molecule has 1 aliphatic rings. The van der Waals surface area contributed by atoms with Crippen molar-refractivity contribution in [3.8, 4) is 0 Å². The topological polar surface area (TPSA) is 3.24 Å². The third-order valence-electron chi connectivity index (χ3n) is 2.25. The average Bonchev–Trinajstić information content (AvgIpc) is 2.30. The van der Waals surface area contributed by atoms with Crippen molar-refractivity contribution < 1.29 is 0 Å². The molecule has 0 radical (unpaired) electrons. The minimum absolute atomic E-state index is 0.590. The highest BCUT2D eigenvalue weighted by atomic mass is 127. The maximum Gasteiger partial charge on any atom is 0.0422 e. The van der Waals surface area contributed by atoms with Crippen LogP contribution in [0.5, 0.6) is 0 Å². The maximum atomic E-state index is 2.39. The van der Waals surface area contributed by atoms with Crippen molar-refractivity contribution in [2.75, 3.05) is 0 Å². The van der Waals surface area contributed by atoms with E-state index in [0.29, 0.717) is 6.04 Å². The van der Waals surface area contributed by atoms with Gasteiger partial charge in [-0.3, -0.25) is 0 Å². The summed E-state index contributed by atoms with van der Waals surface area (Å²) in [5.41, 5.74) is 2.97. The normalized spacial score (nSPS) is 23.6. The molecule has 0 aliphatic carbocycles. The molecular weight excluding hydrogens is 249 g/mol. The van der Waals surface area contributed by atoms with Gasteiger partial charge in [-0.1, -0.05) is 24.3 Å². The highest BCUT2D eigenvalue weighted by Gasteiger charge is 2.23. The Hall–Kier alpha value is -0.0900. The largest absolute Gasteiger partial charge is 0.236 e. The second-order valence-corrected chi connectivity index (χ2v) is 4.17. The Bertz CT molecular complexity index is 272. The molecule has 0 amide bonds. The summed E-state index contributed by atoms with van der Waals surface area (Å²) in [5, 5.41) is 0. The SMILES string of the molecule is CC1c2ccccc2CN1I. The fourth-order valence-electron chi connectivity index (χ4n) is 1.54. The first-order valence-electron chi connectivity index (χ1n) is 3.79. The Kier molecular flexibility index (Phi) is 1.89. The van der Waals surface area contributed by atoms with Gasteiger partial charge in [0.15, 0.2) is 0 Å². The summed E-state index contributed by atoms with van der Waals surface area (Å²) >= 11 is 2.39. The Morgan fingerprint density at radius 1 is 1.45 bits per heavy atom. The molecule has 1 unspecified atom stereocenters. The molecule has 2 heteroatoms. The lowest BCUT2D eigenvalue weighted by Gasteiger charge is -2.11. The summed E-state index contributed by atoms with van der Waals surface area (Å²) in [6, 6.07) is 9.25. The van der Waals surface area contributed by atoms with Crippen LogP contribution in [0.3, 0.4) is 0 Å². The van der Waals surface area contributed by atoms with Crippen LogP contribution in [0.15, 0.2) is 24.3 Å². The number of rotatable bonds is 0. The first-order chi connectivity index (χ1) is 5.29. The van der Waals surface area contributed by atoms with Gasteiger partial charge < -0.3 is 0 Å². The first kappa shape index (κ1) is 7.55. The quantitative estimate of drug-likeness (QED) is 0.511.